The first-order valence-corrected chi connectivity index (χ1v) is 5.79. The number of nitrogens with zero attached hydrogens (tertiary/aromatic N) is 2. The lowest BCUT2D eigenvalue weighted by atomic mass is 10.1. The van der Waals surface area contributed by atoms with E-state index in [0.29, 0.717) is 11.1 Å². The lowest BCUT2D eigenvalue weighted by Gasteiger charge is -2.02. The maximum Gasteiger partial charge on any atom is 0.165 e. The van der Waals surface area contributed by atoms with E-state index in [1.165, 1.54) is 18.3 Å². The van der Waals surface area contributed by atoms with Crippen LogP contribution in [0.2, 0.25) is 0 Å². The van der Waals surface area contributed by atoms with Gasteiger partial charge in [-0.15, -0.1) is 0 Å². The Morgan fingerprint density at radius 3 is 2.75 bits per heavy atom. The predicted molar refractivity (Wildman–Crippen MR) is 69.9 cm³/mol. The first-order valence-electron chi connectivity index (χ1n) is 5.79. The van der Waals surface area contributed by atoms with Crippen molar-refractivity contribution in [1.29, 1.82) is 5.26 Å². The highest BCUT2D eigenvalue weighted by Crippen LogP contribution is 2.12. The number of hydrogen-bond donors (Lipinski definition) is 0. The summed E-state index contributed by atoms with van der Waals surface area (Å²) in [4.78, 5) is 4.91. The van der Waals surface area contributed by atoms with Crippen LogP contribution in [0.15, 0.2) is 47.6 Å². The number of benzene rings is 2. The second-order valence-corrected chi connectivity index (χ2v) is 3.92. The zero-order valence-electron chi connectivity index (χ0n) is 10.4. The van der Waals surface area contributed by atoms with Crippen molar-refractivity contribution in [3.63, 3.8) is 0 Å². The Balaban J connectivity index is 2.01. The van der Waals surface area contributed by atoms with E-state index in [1.54, 1.807) is 24.3 Å². The monoisotopic (exact) mass is 272 g/mol. The summed E-state index contributed by atoms with van der Waals surface area (Å²) in [5.74, 6) is -1.87. The fraction of sp³-hybridized carbons (Fsp3) is 0.0667. The van der Waals surface area contributed by atoms with Crippen LogP contribution in [0.4, 0.5) is 8.78 Å². The van der Waals surface area contributed by atoms with Crippen molar-refractivity contribution in [2.75, 3.05) is 0 Å². The molecule has 0 spiro atoms. The second-order valence-electron chi connectivity index (χ2n) is 3.92. The quantitative estimate of drug-likeness (QED) is 0.632. The molecule has 100 valence electrons. The van der Waals surface area contributed by atoms with Crippen LogP contribution in [-0.2, 0) is 11.4 Å². The van der Waals surface area contributed by atoms with Gasteiger partial charge in [-0.1, -0.05) is 35.5 Å². The van der Waals surface area contributed by atoms with Crippen molar-refractivity contribution < 1.29 is 13.6 Å². The SMILES string of the molecule is N#Cc1ccccc1C=NOCc1cccc(F)c1F. The van der Waals surface area contributed by atoms with Crippen LogP contribution in [0.3, 0.4) is 0 Å². The molecule has 0 saturated heterocycles. The van der Waals surface area contributed by atoms with Gasteiger partial charge in [0.1, 0.15) is 6.61 Å². The summed E-state index contributed by atoms with van der Waals surface area (Å²) in [5, 5.41) is 12.5. The molecule has 0 heterocycles. The maximum absolute atomic E-state index is 13.3. The van der Waals surface area contributed by atoms with E-state index in [4.69, 9.17) is 10.1 Å². The minimum absolute atomic E-state index is 0.0794. The first kappa shape index (κ1) is 13.7. The molecule has 0 saturated carbocycles. The van der Waals surface area contributed by atoms with E-state index in [1.807, 2.05) is 6.07 Å². The van der Waals surface area contributed by atoms with Crippen molar-refractivity contribution in [1.82, 2.24) is 0 Å². The van der Waals surface area contributed by atoms with Crippen molar-refractivity contribution in [2.45, 2.75) is 6.61 Å². The molecular formula is C15H10F2N2O. The predicted octanol–water partition coefficient (Wildman–Crippen LogP) is 3.39. The van der Waals surface area contributed by atoms with Crippen LogP contribution in [0.25, 0.3) is 0 Å². The molecule has 2 aromatic rings. The molecule has 20 heavy (non-hydrogen) atoms. The summed E-state index contributed by atoms with van der Waals surface area (Å²) in [6.45, 7) is -0.186. The number of nitriles is 1. The van der Waals surface area contributed by atoms with Crippen LogP contribution in [0, 0.1) is 23.0 Å². The molecule has 0 atom stereocenters. The topological polar surface area (TPSA) is 45.4 Å². The molecule has 0 aliphatic carbocycles. The Labute approximate surface area is 114 Å². The smallest absolute Gasteiger partial charge is 0.165 e. The Bertz CT molecular complexity index is 678. The van der Waals surface area contributed by atoms with Crippen LogP contribution in [0.5, 0.6) is 0 Å². The molecule has 5 heteroatoms. The highest BCUT2D eigenvalue weighted by atomic mass is 19.2. The number of halogens is 2. The van der Waals surface area contributed by atoms with Gasteiger partial charge in [0.05, 0.1) is 17.8 Å². The molecular weight excluding hydrogens is 262 g/mol. The third-order valence-corrected chi connectivity index (χ3v) is 2.60. The summed E-state index contributed by atoms with van der Waals surface area (Å²) >= 11 is 0. The van der Waals surface area contributed by atoms with Crippen molar-refractivity contribution in [3.05, 3.63) is 70.8 Å². The number of rotatable bonds is 4. The molecule has 0 aromatic heterocycles. The molecule has 0 amide bonds. The van der Waals surface area contributed by atoms with E-state index >= 15 is 0 Å². The molecule has 0 unspecified atom stereocenters. The fourth-order valence-corrected chi connectivity index (χ4v) is 1.57. The van der Waals surface area contributed by atoms with Crippen molar-refractivity contribution >= 4 is 6.21 Å². The Hall–Kier alpha value is -2.74. The summed E-state index contributed by atoms with van der Waals surface area (Å²) in [6, 6.07) is 12.7. The molecule has 0 aliphatic heterocycles. The third-order valence-electron chi connectivity index (χ3n) is 2.60. The van der Waals surface area contributed by atoms with Gasteiger partial charge in [-0.3, -0.25) is 0 Å². The highest BCUT2D eigenvalue weighted by Gasteiger charge is 2.07. The van der Waals surface area contributed by atoms with Gasteiger partial charge in [-0.25, -0.2) is 8.78 Å². The van der Waals surface area contributed by atoms with Crippen LogP contribution in [0.1, 0.15) is 16.7 Å². The molecule has 0 fully saturated rings. The number of hydrogen-bond acceptors (Lipinski definition) is 3. The Kier molecular flexibility index (Phi) is 4.40. The van der Waals surface area contributed by atoms with Crippen LogP contribution >= 0.6 is 0 Å². The van der Waals surface area contributed by atoms with E-state index < -0.39 is 11.6 Å². The summed E-state index contributed by atoms with van der Waals surface area (Å²) < 4.78 is 26.3. The summed E-state index contributed by atoms with van der Waals surface area (Å²) in [7, 11) is 0. The zero-order valence-corrected chi connectivity index (χ0v) is 10.4. The van der Waals surface area contributed by atoms with Gasteiger partial charge in [-0.05, 0) is 12.1 Å². The summed E-state index contributed by atoms with van der Waals surface area (Å²) in [5.41, 5.74) is 1.13. The Morgan fingerprint density at radius 1 is 1.15 bits per heavy atom. The molecule has 2 rings (SSSR count). The van der Waals surface area contributed by atoms with Gasteiger partial charge in [0.2, 0.25) is 0 Å². The van der Waals surface area contributed by atoms with Crippen molar-refractivity contribution in [2.24, 2.45) is 5.16 Å². The van der Waals surface area contributed by atoms with Gasteiger partial charge in [0.25, 0.3) is 0 Å². The maximum atomic E-state index is 13.3. The van der Waals surface area contributed by atoms with Gasteiger partial charge in [0.15, 0.2) is 11.6 Å². The van der Waals surface area contributed by atoms with Gasteiger partial charge in [0, 0.05) is 11.1 Å². The van der Waals surface area contributed by atoms with E-state index in [2.05, 4.69) is 5.16 Å². The minimum Gasteiger partial charge on any atom is -0.391 e. The third kappa shape index (κ3) is 3.18. The largest absolute Gasteiger partial charge is 0.391 e. The normalized spacial score (nSPS) is 10.4. The zero-order chi connectivity index (χ0) is 14.4. The molecule has 2 aromatic carbocycles. The second kappa shape index (κ2) is 6.43. The lowest BCUT2D eigenvalue weighted by Crippen LogP contribution is -1.96. The van der Waals surface area contributed by atoms with Crippen molar-refractivity contribution in [3.8, 4) is 6.07 Å². The fourth-order valence-electron chi connectivity index (χ4n) is 1.57. The van der Waals surface area contributed by atoms with E-state index in [9.17, 15) is 8.78 Å². The molecule has 0 bridgehead atoms. The van der Waals surface area contributed by atoms with Crippen LogP contribution in [-0.4, -0.2) is 6.21 Å². The molecule has 3 nitrogen and oxygen atoms in total. The lowest BCUT2D eigenvalue weighted by molar-refractivity contribution is 0.129. The summed E-state index contributed by atoms with van der Waals surface area (Å²) in [6.07, 6.45) is 1.36. The van der Waals surface area contributed by atoms with Gasteiger partial charge >= 0.3 is 0 Å². The first-order chi connectivity index (χ1) is 9.72. The van der Waals surface area contributed by atoms with Gasteiger partial charge in [-0.2, -0.15) is 5.26 Å². The minimum atomic E-state index is -0.944. The number of oxime groups is 1. The molecule has 0 N–H and O–H groups in total. The molecule has 0 radical (unpaired) electrons. The van der Waals surface area contributed by atoms with E-state index in [0.717, 1.165) is 6.07 Å². The van der Waals surface area contributed by atoms with E-state index in [-0.39, 0.29) is 12.2 Å². The average Bonchev–Trinajstić information content (AvgIpc) is 2.48. The molecule has 0 aliphatic rings. The average molecular weight is 272 g/mol. The van der Waals surface area contributed by atoms with Crippen LogP contribution < -0.4 is 0 Å². The highest BCUT2D eigenvalue weighted by molar-refractivity contribution is 5.82. The Morgan fingerprint density at radius 2 is 1.95 bits per heavy atom. The standard InChI is InChI=1S/C15H10F2N2O/c16-14-7-3-6-13(15(14)17)10-20-19-9-12-5-2-1-4-11(12)8-18/h1-7,9H,10H2. The van der Waals surface area contributed by atoms with Gasteiger partial charge < -0.3 is 4.84 Å².